The third kappa shape index (κ3) is 6.17. The van der Waals surface area contributed by atoms with Gasteiger partial charge < -0.3 is 9.47 Å². The maximum atomic E-state index is 5.03. The molecule has 0 amide bonds. The third-order valence-electron chi connectivity index (χ3n) is 13.7. The first-order valence-corrected chi connectivity index (χ1v) is 23.2. The quantitative estimate of drug-likeness (QED) is 0.145. The SMILES string of the molecule is c1ccc(-c2nnc(-c3ccc4c(c3)C(c3ccccc3)(c3ccccc3)c3ccccc3-4)n2-c2ccc(N(c3ccccc3)c3ccc(-n4c5ccccc5c5ccccc54)cc3)cc2)cc1. The van der Waals surface area contributed by atoms with E-state index in [9.17, 15) is 0 Å². The number of benzene rings is 10. The van der Waals surface area contributed by atoms with E-state index in [4.69, 9.17) is 10.2 Å². The summed E-state index contributed by atoms with van der Waals surface area (Å²) in [7, 11) is 0. The van der Waals surface area contributed by atoms with Crippen molar-refractivity contribution in [2.45, 2.75) is 5.41 Å². The molecule has 12 aromatic rings. The summed E-state index contributed by atoms with van der Waals surface area (Å²) in [6, 6.07) is 93.6. The highest BCUT2D eigenvalue weighted by Gasteiger charge is 2.46. The Bertz CT molecular complexity index is 3670. The molecule has 2 aromatic heterocycles. The van der Waals surface area contributed by atoms with E-state index in [1.165, 1.54) is 55.2 Å². The normalized spacial score (nSPS) is 12.5. The number of rotatable bonds is 9. The number of anilines is 3. The molecule has 0 N–H and O–H groups in total. The molecule has 1 aliphatic rings. The Balaban J connectivity index is 0.941. The first kappa shape index (κ1) is 39.3. The fourth-order valence-corrected chi connectivity index (χ4v) is 10.8. The molecule has 0 aliphatic heterocycles. The lowest BCUT2D eigenvalue weighted by atomic mass is 9.67. The standard InChI is InChI=1S/C63H43N5/c1-5-19-44(20-6-1)61-64-65-62(45-33-42-54-53-27-13-16-30-57(53)63(58(54)43-45,46-21-7-2-8-22-46)47-23-9-3-10-24-47)68(61)52-40-36-50(37-41-52)66(48-25-11-4-12-26-48)49-34-38-51(39-35-49)67-59-31-17-14-28-55(59)56-29-15-18-32-60(56)67/h1-43H. The number of fused-ring (bicyclic) bond motifs is 6. The predicted octanol–water partition coefficient (Wildman–Crippen LogP) is 15.5. The largest absolute Gasteiger partial charge is 0.311 e. The van der Waals surface area contributed by atoms with Crippen LogP contribution in [0.2, 0.25) is 0 Å². The Labute approximate surface area is 395 Å². The van der Waals surface area contributed by atoms with Crippen molar-refractivity contribution in [3.63, 3.8) is 0 Å². The molecule has 0 atom stereocenters. The molecule has 5 nitrogen and oxygen atoms in total. The molecule has 0 radical (unpaired) electrons. The van der Waals surface area contributed by atoms with Crippen molar-refractivity contribution < 1.29 is 0 Å². The van der Waals surface area contributed by atoms with Gasteiger partial charge in [-0.25, -0.2) is 0 Å². The van der Waals surface area contributed by atoms with Crippen LogP contribution in [0.3, 0.4) is 0 Å². The van der Waals surface area contributed by atoms with Crippen LogP contribution in [-0.4, -0.2) is 19.3 Å². The van der Waals surface area contributed by atoms with Crippen molar-refractivity contribution in [3.8, 4) is 45.3 Å². The van der Waals surface area contributed by atoms with Gasteiger partial charge in [-0.3, -0.25) is 4.57 Å². The summed E-state index contributed by atoms with van der Waals surface area (Å²) in [5.41, 5.74) is 16.5. The van der Waals surface area contributed by atoms with Gasteiger partial charge in [0.05, 0.1) is 16.4 Å². The Kier molecular flexibility index (Phi) is 9.32. The van der Waals surface area contributed by atoms with E-state index in [2.05, 4.69) is 269 Å². The van der Waals surface area contributed by atoms with Gasteiger partial charge in [0.15, 0.2) is 11.6 Å². The van der Waals surface area contributed by atoms with Crippen LogP contribution in [0.4, 0.5) is 17.1 Å². The molecule has 0 bridgehead atoms. The Hall–Kier alpha value is -9.06. The molecule has 10 aromatic carbocycles. The molecule has 0 fully saturated rings. The maximum absolute atomic E-state index is 5.03. The highest BCUT2D eigenvalue weighted by atomic mass is 15.3. The molecular formula is C63H43N5. The van der Waals surface area contributed by atoms with Crippen LogP contribution in [0.15, 0.2) is 261 Å². The van der Waals surface area contributed by atoms with Gasteiger partial charge in [0.25, 0.3) is 0 Å². The summed E-state index contributed by atoms with van der Waals surface area (Å²) in [4.78, 5) is 2.32. The molecule has 68 heavy (non-hydrogen) atoms. The first-order chi connectivity index (χ1) is 33.8. The average Bonchev–Trinajstić information content (AvgIpc) is 4.10. The van der Waals surface area contributed by atoms with E-state index in [0.717, 1.165) is 51.2 Å². The van der Waals surface area contributed by atoms with Gasteiger partial charge in [-0.1, -0.05) is 182 Å². The number of para-hydroxylation sites is 3. The van der Waals surface area contributed by atoms with Gasteiger partial charge in [-0.15, -0.1) is 10.2 Å². The van der Waals surface area contributed by atoms with Gasteiger partial charge in [0.1, 0.15) is 0 Å². The van der Waals surface area contributed by atoms with Crippen molar-refractivity contribution >= 4 is 38.9 Å². The second kappa shape index (κ2) is 16.1. The van der Waals surface area contributed by atoms with E-state index in [1.807, 2.05) is 6.07 Å². The fraction of sp³-hybridized carbons (Fsp3) is 0.0159. The van der Waals surface area contributed by atoms with E-state index >= 15 is 0 Å². The minimum Gasteiger partial charge on any atom is -0.311 e. The molecule has 0 saturated carbocycles. The van der Waals surface area contributed by atoms with Crippen LogP contribution >= 0.6 is 0 Å². The van der Waals surface area contributed by atoms with Crippen LogP contribution in [-0.2, 0) is 5.41 Å². The zero-order chi connectivity index (χ0) is 45.0. The van der Waals surface area contributed by atoms with Gasteiger partial charge in [-0.05, 0) is 112 Å². The monoisotopic (exact) mass is 869 g/mol. The summed E-state index contributed by atoms with van der Waals surface area (Å²) in [6.45, 7) is 0. The summed E-state index contributed by atoms with van der Waals surface area (Å²) >= 11 is 0. The summed E-state index contributed by atoms with van der Waals surface area (Å²) in [5.74, 6) is 1.54. The molecule has 13 rings (SSSR count). The van der Waals surface area contributed by atoms with Crippen molar-refractivity contribution in [2.24, 2.45) is 0 Å². The second-order valence-corrected chi connectivity index (χ2v) is 17.4. The van der Waals surface area contributed by atoms with E-state index < -0.39 is 5.41 Å². The van der Waals surface area contributed by atoms with Gasteiger partial charge >= 0.3 is 0 Å². The molecule has 0 saturated heterocycles. The topological polar surface area (TPSA) is 38.9 Å². The number of hydrogen-bond donors (Lipinski definition) is 0. The predicted molar refractivity (Wildman–Crippen MR) is 279 cm³/mol. The Morgan fingerprint density at radius 1 is 0.324 bits per heavy atom. The number of nitrogens with zero attached hydrogens (tertiary/aromatic N) is 5. The molecule has 5 heteroatoms. The smallest absolute Gasteiger partial charge is 0.168 e. The van der Waals surface area contributed by atoms with Crippen LogP contribution < -0.4 is 4.90 Å². The van der Waals surface area contributed by atoms with E-state index in [0.29, 0.717) is 0 Å². The van der Waals surface area contributed by atoms with Crippen molar-refractivity contribution in [1.29, 1.82) is 0 Å². The Morgan fingerprint density at radius 3 is 1.35 bits per heavy atom. The summed E-state index contributed by atoms with van der Waals surface area (Å²) in [6.07, 6.45) is 0. The van der Waals surface area contributed by atoms with Gasteiger partial charge in [0, 0.05) is 50.3 Å². The lowest BCUT2D eigenvalue weighted by Gasteiger charge is -2.34. The van der Waals surface area contributed by atoms with Gasteiger partial charge in [0.2, 0.25) is 0 Å². The van der Waals surface area contributed by atoms with Crippen LogP contribution in [0, 0.1) is 0 Å². The lowest BCUT2D eigenvalue weighted by molar-refractivity contribution is 0.768. The molecule has 1 aliphatic carbocycles. The van der Waals surface area contributed by atoms with E-state index in [-0.39, 0.29) is 0 Å². The maximum Gasteiger partial charge on any atom is 0.168 e. The second-order valence-electron chi connectivity index (χ2n) is 17.4. The molecule has 2 heterocycles. The summed E-state index contributed by atoms with van der Waals surface area (Å²) < 4.78 is 4.57. The van der Waals surface area contributed by atoms with Crippen molar-refractivity contribution in [3.05, 3.63) is 283 Å². The van der Waals surface area contributed by atoms with Crippen LogP contribution in [0.1, 0.15) is 22.3 Å². The van der Waals surface area contributed by atoms with Gasteiger partial charge in [-0.2, -0.15) is 0 Å². The molecular weight excluding hydrogens is 827 g/mol. The third-order valence-corrected chi connectivity index (χ3v) is 13.7. The first-order valence-electron chi connectivity index (χ1n) is 23.2. The number of hydrogen-bond acceptors (Lipinski definition) is 3. The fourth-order valence-electron chi connectivity index (χ4n) is 10.8. The lowest BCUT2D eigenvalue weighted by Crippen LogP contribution is -2.28. The minimum absolute atomic E-state index is 0.540. The number of aromatic nitrogens is 4. The zero-order valence-electron chi connectivity index (χ0n) is 37.1. The van der Waals surface area contributed by atoms with Crippen molar-refractivity contribution in [2.75, 3.05) is 4.90 Å². The summed E-state index contributed by atoms with van der Waals surface area (Å²) in [5, 5.41) is 12.5. The molecule has 0 unspecified atom stereocenters. The minimum atomic E-state index is -0.540. The zero-order valence-corrected chi connectivity index (χ0v) is 37.1. The average molecular weight is 870 g/mol. The van der Waals surface area contributed by atoms with Crippen molar-refractivity contribution in [1.82, 2.24) is 19.3 Å². The van der Waals surface area contributed by atoms with Crippen LogP contribution in [0.5, 0.6) is 0 Å². The van der Waals surface area contributed by atoms with E-state index in [1.54, 1.807) is 0 Å². The molecule has 0 spiro atoms. The highest BCUT2D eigenvalue weighted by molar-refractivity contribution is 6.09. The molecule has 320 valence electrons. The van der Waals surface area contributed by atoms with Crippen LogP contribution in [0.25, 0.3) is 67.1 Å². The highest BCUT2D eigenvalue weighted by Crippen LogP contribution is 2.56. The Morgan fingerprint density at radius 2 is 0.765 bits per heavy atom.